The lowest BCUT2D eigenvalue weighted by molar-refractivity contribution is 0.448. The van der Waals surface area contributed by atoms with Crippen molar-refractivity contribution in [2.75, 3.05) is 19.0 Å². The smallest absolute Gasteiger partial charge is 0.322 e. The molecule has 6 heteroatoms. The van der Waals surface area contributed by atoms with Crippen molar-refractivity contribution in [1.29, 1.82) is 0 Å². The summed E-state index contributed by atoms with van der Waals surface area (Å²) in [7, 11) is -3.31. The Balaban J connectivity index is 3.53. The third-order valence-electron chi connectivity index (χ3n) is 0.997. The molecule has 0 aliphatic carbocycles. The maximum atomic E-state index is 11.0. The second-order valence-electron chi connectivity index (χ2n) is 2.08. The Labute approximate surface area is 71.9 Å². The first kappa shape index (κ1) is 11.4. The van der Waals surface area contributed by atoms with Crippen molar-refractivity contribution >= 4 is 19.3 Å². The second kappa shape index (κ2) is 5.98. The highest BCUT2D eigenvalue weighted by Gasteiger charge is 2.13. The largest absolute Gasteiger partial charge is 0.338 e. The summed E-state index contributed by atoms with van der Waals surface area (Å²) < 4.78 is 11.0. The average molecular weight is 201 g/mol. The molecule has 0 aromatic rings. The van der Waals surface area contributed by atoms with Crippen LogP contribution in [-0.4, -0.2) is 23.9 Å². The second-order valence-corrected chi connectivity index (χ2v) is 4.24. The fraction of sp³-hybridized carbons (Fsp3) is 1.00. The Hall–Kier alpha value is 0.400. The van der Waals surface area contributed by atoms with Gasteiger partial charge in [-0.05, 0) is 6.42 Å². The van der Waals surface area contributed by atoms with Crippen LogP contribution >= 0.6 is 19.3 Å². The predicted molar refractivity (Wildman–Crippen MR) is 46.8 cm³/mol. The van der Waals surface area contributed by atoms with E-state index in [1.54, 1.807) is 0 Å². The van der Waals surface area contributed by atoms with E-state index in [0.717, 1.165) is 6.42 Å². The zero-order valence-corrected chi connectivity index (χ0v) is 8.16. The molecule has 0 bridgehead atoms. The summed E-state index contributed by atoms with van der Waals surface area (Å²) in [5.74, 6) is 0.332. The van der Waals surface area contributed by atoms with Gasteiger partial charge in [0.25, 0.3) is 0 Å². The van der Waals surface area contributed by atoms with Gasteiger partial charge in [-0.3, -0.25) is 4.57 Å². The summed E-state index contributed by atoms with van der Waals surface area (Å²) >= 11 is 5.32. The molecular formula is C5H14ClN2O2P. The number of nitrogens with one attached hydrogen (secondary N) is 2. The SMILES string of the molecule is CCCNP(=O)(O)NCCCl. The Kier molecular flexibility index (Phi) is 6.19. The minimum Gasteiger partial charge on any atom is -0.322 e. The van der Waals surface area contributed by atoms with Crippen molar-refractivity contribution in [1.82, 2.24) is 10.2 Å². The minimum absolute atomic E-state index is 0.332. The van der Waals surface area contributed by atoms with Gasteiger partial charge in [-0.25, -0.2) is 10.2 Å². The fourth-order valence-electron chi connectivity index (χ4n) is 0.513. The lowest BCUT2D eigenvalue weighted by Crippen LogP contribution is -2.24. The van der Waals surface area contributed by atoms with E-state index in [9.17, 15) is 4.57 Å². The van der Waals surface area contributed by atoms with Gasteiger partial charge in [-0.15, -0.1) is 11.6 Å². The van der Waals surface area contributed by atoms with Gasteiger partial charge in [0.1, 0.15) is 0 Å². The van der Waals surface area contributed by atoms with Crippen molar-refractivity contribution in [3.05, 3.63) is 0 Å². The molecule has 3 N–H and O–H groups in total. The molecule has 0 fully saturated rings. The number of rotatable bonds is 6. The van der Waals surface area contributed by atoms with Crippen LogP contribution in [0.25, 0.3) is 0 Å². The Morgan fingerprint density at radius 1 is 1.45 bits per heavy atom. The monoisotopic (exact) mass is 200 g/mol. The Morgan fingerprint density at radius 3 is 2.45 bits per heavy atom. The molecule has 0 aromatic heterocycles. The van der Waals surface area contributed by atoms with Crippen molar-refractivity contribution in [2.24, 2.45) is 0 Å². The van der Waals surface area contributed by atoms with Gasteiger partial charge in [0.2, 0.25) is 0 Å². The van der Waals surface area contributed by atoms with Gasteiger partial charge in [-0.1, -0.05) is 6.92 Å². The van der Waals surface area contributed by atoms with Crippen LogP contribution in [0.2, 0.25) is 0 Å². The van der Waals surface area contributed by atoms with Gasteiger partial charge >= 0.3 is 7.67 Å². The summed E-state index contributed by atoms with van der Waals surface area (Å²) in [5.41, 5.74) is 0. The minimum atomic E-state index is -3.31. The van der Waals surface area contributed by atoms with Crippen molar-refractivity contribution in [3.63, 3.8) is 0 Å². The van der Waals surface area contributed by atoms with Gasteiger partial charge < -0.3 is 4.89 Å². The highest BCUT2D eigenvalue weighted by atomic mass is 35.5. The molecule has 0 amide bonds. The first-order valence-electron chi connectivity index (χ1n) is 3.51. The molecule has 0 radical (unpaired) electrons. The highest BCUT2D eigenvalue weighted by Crippen LogP contribution is 2.28. The summed E-state index contributed by atoms with van der Waals surface area (Å²) in [6, 6.07) is 0. The normalized spacial score (nSPS) is 16.3. The molecule has 0 saturated carbocycles. The lowest BCUT2D eigenvalue weighted by atomic mass is 10.5. The summed E-state index contributed by atoms with van der Waals surface area (Å²) in [5, 5.41) is 4.90. The fourth-order valence-corrected chi connectivity index (χ4v) is 1.79. The summed E-state index contributed by atoms with van der Waals surface area (Å²) in [6.07, 6.45) is 0.826. The van der Waals surface area contributed by atoms with Crippen molar-refractivity contribution in [3.8, 4) is 0 Å². The van der Waals surface area contributed by atoms with Crippen molar-refractivity contribution in [2.45, 2.75) is 13.3 Å². The van der Waals surface area contributed by atoms with E-state index in [1.165, 1.54) is 0 Å². The molecule has 0 rings (SSSR count). The van der Waals surface area contributed by atoms with Crippen LogP contribution in [0.3, 0.4) is 0 Å². The molecule has 68 valence electrons. The van der Waals surface area contributed by atoms with E-state index >= 15 is 0 Å². The molecule has 0 heterocycles. The zero-order valence-electron chi connectivity index (χ0n) is 6.51. The standard InChI is InChI=1S/C5H14ClN2O2P/c1-2-4-7-11(9,10)8-5-3-6/h2-5H2,1H3,(H3,7,8,9,10). The summed E-state index contributed by atoms with van der Waals surface area (Å²) in [6.45, 7) is 2.80. The van der Waals surface area contributed by atoms with Crippen LogP contribution in [-0.2, 0) is 4.57 Å². The van der Waals surface area contributed by atoms with E-state index in [2.05, 4.69) is 10.2 Å². The van der Waals surface area contributed by atoms with Gasteiger partial charge in [-0.2, -0.15) is 0 Å². The first-order chi connectivity index (χ1) is 5.12. The average Bonchev–Trinajstić information content (AvgIpc) is 1.97. The number of hydrogen-bond acceptors (Lipinski definition) is 1. The summed E-state index contributed by atoms with van der Waals surface area (Å²) in [4.78, 5) is 9.05. The van der Waals surface area contributed by atoms with Crippen LogP contribution in [0.4, 0.5) is 0 Å². The van der Waals surface area contributed by atoms with E-state index in [-0.39, 0.29) is 0 Å². The van der Waals surface area contributed by atoms with E-state index in [0.29, 0.717) is 19.0 Å². The van der Waals surface area contributed by atoms with Gasteiger partial charge in [0, 0.05) is 19.0 Å². The maximum Gasteiger partial charge on any atom is 0.338 e. The topological polar surface area (TPSA) is 61.4 Å². The third-order valence-corrected chi connectivity index (χ3v) is 2.49. The van der Waals surface area contributed by atoms with Gasteiger partial charge in [0.15, 0.2) is 0 Å². The molecule has 0 spiro atoms. The number of hydrogen-bond donors (Lipinski definition) is 3. The van der Waals surface area contributed by atoms with Crippen LogP contribution in [0.5, 0.6) is 0 Å². The van der Waals surface area contributed by atoms with E-state index in [1.807, 2.05) is 6.92 Å². The molecule has 0 aromatic carbocycles. The molecule has 4 nitrogen and oxygen atoms in total. The maximum absolute atomic E-state index is 11.0. The zero-order chi connectivity index (χ0) is 8.74. The van der Waals surface area contributed by atoms with Crippen LogP contribution in [0, 0.1) is 0 Å². The molecule has 0 saturated heterocycles. The van der Waals surface area contributed by atoms with Crippen LogP contribution < -0.4 is 10.2 Å². The van der Waals surface area contributed by atoms with Crippen LogP contribution in [0.1, 0.15) is 13.3 Å². The highest BCUT2D eigenvalue weighted by molar-refractivity contribution is 7.53. The Bertz CT molecular complexity index is 132. The molecule has 1 unspecified atom stereocenters. The van der Waals surface area contributed by atoms with Crippen molar-refractivity contribution < 1.29 is 9.46 Å². The molecule has 0 aliphatic rings. The molecule has 0 aliphatic heterocycles. The number of alkyl halides is 1. The number of halogens is 1. The molecular weight excluding hydrogens is 186 g/mol. The predicted octanol–water partition coefficient (Wildman–Crippen LogP) is 0.915. The first-order valence-corrected chi connectivity index (χ1v) is 5.71. The van der Waals surface area contributed by atoms with E-state index < -0.39 is 7.67 Å². The van der Waals surface area contributed by atoms with Gasteiger partial charge in [0.05, 0.1) is 0 Å². The lowest BCUT2D eigenvalue weighted by Gasteiger charge is -2.12. The van der Waals surface area contributed by atoms with Crippen LogP contribution in [0.15, 0.2) is 0 Å². The third kappa shape index (κ3) is 6.78. The quantitative estimate of drug-likeness (QED) is 0.441. The Morgan fingerprint density at radius 2 is 2.00 bits per heavy atom. The molecule has 1 atom stereocenters. The molecule has 11 heavy (non-hydrogen) atoms. The van der Waals surface area contributed by atoms with E-state index in [4.69, 9.17) is 16.5 Å².